The minimum absolute atomic E-state index is 0.0470. The van der Waals surface area contributed by atoms with E-state index in [2.05, 4.69) is 4.98 Å². The molecule has 0 bridgehead atoms. The van der Waals surface area contributed by atoms with Gasteiger partial charge < -0.3 is 4.74 Å². The van der Waals surface area contributed by atoms with Crippen molar-refractivity contribution in [3.8, 4) is 0 Å². The molecule has 0 aliphatic rings. The van der Waals surface area contributed by atoms with Crippen LogP contribution in [0.2, 0.25) is 0 Å². The van der Waals surface area contributed by atoms with Crippen LogP contribution < -0.4 is 0 Å². The summed E-state index contributed by atoms with van der Waals surface area (Å²) in [5.41, 5.74) is 0.872. The van der Waals surface area contributed by atoms with Crippen molar-refractivity contribution in [2.75, 3.05) is 7.11 Å². The quantitative estimate of drug-likeness (QED) is 0.768. The summed E-state index contributed by atoms with van der Waals surface area (Å²) in [6.07, 6.45) is 3.09. The largest absolute Gasteiger partial charge is 0.370 e. The number of hydrogen-bond donors (Lipinski definition) is 0. The summed E-state index contributed by atoms with van der Waals surface area (Å²) in [6.45, 7) is 3.96. The molecule has 0 N–H and O–H groups in total. The van der Waals surface area contributed by atoms with E-state index in [1.54, 1.807) is 13.3 Å². The second kappa shape index (κ2) is 5.49. The smallest absolute Gasteiger partial charge is 0.194 e. The number of aromatic nitrogens is 1. The Kier molecular flexibility index (Phi) is 3.96. The number of benzene rings is 1. The van der Waals surface area contributed by atoms with Crippen LogP contribution in [0.1, 0.15) is 37.0 Å². The van der Waals surface area contributed by atoms with Crippen molar-refractivity contribution in [3.05, 3.63) is 42.1 Å². The van der Waals surface area contributed by atoms with E-state index >= 15 is 0 Å². The second-order valence-electron chi connectivity index (χ2n) is 4.65. The molecule has 0 saturated carbocycles. The fourth-order valence-corrected chi connectivity index (χ4v) is 2.43. The van der Waals surface area contributed by atoms with Gasteiger partial charge >= 0.3 is 0 Å². The molecule has 0 unspecified atom stereocenters. The highest BCUT2D eigenvalue weighted by Gasteiger charge is 2.35. The van der Waals surface area contributed by atoms with E-state index in [1.807, 2.05) is 44.2 Å². The van der Waals surface area contributed by atoms with Crippen molar-refractivity contribution in [2.45, 2.75) is 32.3 Å². The zero-order valence-corrected chi connectivity index (χ0v) is 11.6. The molecule has 0 aliphatic heterocycles. The lowest BCUT2D eigenvalue weighted by Crippen LogP contribution is -2.39. The Balaban J connectivity index is 2.46. The first kappa shape index (κ1) is 13.7. The molecule has 1 heterocycles. The van der Waals surface area contributed by atoms with Gasteiger partial charge in [0, 0.05) is 24.3 Å². The molecule has 100 valence electrons. The first-order valence-electron chi connectivity index (χ1n) is 6.61. The third-order valence-corrected chi connectivity index (χ3v) is 3.81. The highest BCUT2D eigenvalue weighted by atomic mass is 16.5. The fourth-order valence-electron chi connectivity index (χ4n) is 2.43. The molecule has 0 fully saturated rings. The van der Waals surface area contributed by atoms with E-state index in [1.165, 1.54) is 0 Å². The molecule has 19 heavy (non-hydrogen) atoms. The van der Waals surface area contributed by atoms with E-state index in [9.17, 15) is 4.79 Å². The zero-order valence-electron chi connectivity index (χ0n) is 11.6. The molecular weight excluding hydrogens is 238 g/mol. The maximum absolute atomic E-state index is 12.7. The van der Waals surface area contributed by atoms with E-state index in [-0.39, 0.29) is 5.78 Å². The van der Waals surface area contributed by atoms with Crippen LogP contribution in [-0.4, -0.2) is 23.5 Å². The van der Waals surface area contributed by atoms with Crippen LogP contribution in [-0.2, 0) is 4.74 Å². The van der Waals surface area contributed by atoms with Gasteiger partial charge in [0.25, 0.3) is 0 Å². The minimum Gasteiger partial charge on any atom is -0.370 e. The molecule has 2 rings (SSSR count). The fraction of sp³-hybridized carbons (Fsp3) is 0.375. The maximum atomic E-state index is 12.7. The highest BCUT2D eigenvalue weighted by molar-refractivity contribution is 6.04. The summed E-state index contributed by atoms with van der Waals surface area (Å²) in [7, 11) is 1.60. The number of fused-ring (bicyclic) bond motifs is 1. The van der Waals surface area contributed by atoms with Crippen LogP contribution >= 0.6 is 0 Å². The van der Waals surface area contributed by atoms with Gasteiger partial charge in [0.15, 0.2) is 5.78 Å². The Bertz CT molecular complexity index is 580. The number of hydrogen-bond acceptors (Lipinski definition) is 3. The molecule has 0 saturated heterocycles. The predicted molar refractivity (Wildman–Crippen MR) is 76.4 cm³/mol. The van der Waals surface area contributed by atoms with Crippen molar-refractivity contribution < 1.29 is 9.53 Å². The average Bonchev–Trinajstić information content (AvgIpc) is 2.49. The Morgan fingerprint density at radius 3 is 2.63 bits per heavy atom. The predicted octanol–water partition coefficient (Wildman–Crippen LogP) is 3.62. The van der Waals surface area contributed by atoms with Crippen LogP contribution in [0, 0.1) is 0 Å². The van der Waals surface area contributed by atoms with Gasteiger partial charge in [-0.25, -0.2) is 0 Å². The number of ketones is 1. The number of carbonyl (C=O) groups excluding carboxylic acids is 1. The van der Waals surface area contributed by atoms with Crippen molar-refractivity contribution in [3.63, 3.8) is 0 Å². The molecule has 0 amide bonds. The van der Waals surface area contributed by atoms with Crippen molar-refractivity contribution in [2.24, 2.45) is 0 Å². The lowest BCUT2D eigenvalue weighted by molar-refractivity contribution is -0.00260. The summed E-state index contributed by atoms with van der Waals surface area (Å²) < 4.78 is 5.50. The molecule has 1 aromatic heterocycles. The number of ether oxygens (including phenoxy) is 1. The van der Waals surface area contributed by atoms with Gasteiger partial charge in [-0.3, -0.25) is 9.78 Å². The van der Waals surface area contributed by atoms with Crippen LogP contribution in [0.25, 0.3) is 10.9 Å². The van der Waals surface area contributed by atoms with Crippen LogP contribution in [0.15, 0.2) is 36.5 Å². The first-order chi connectivity index (χ1) is 9.16. The number of pyridine rings is 1. The number of nitrogens with zero attached hydrogens (tertiary/aromatic N) is 1. The Labute approximate surface area is 113 Å². The van der Waals surface area contributed by atoms with Gasteiger partial charge in [-0.1, -0.05) is 19.9 Å². The molecular formula is C16H19NO2. The molecule has 0 aliphatic carbocycles. The van der Waals surface area contributed by atoms with E-state index < -0.39 is 5.60 Å². The molecule has 2 aromatic rings. The molecule has 1 aromatic carbocycles. The Morgan fingerprint density at radius 1 is 1.26 bits per heavy atom. The third-order valence-electron chi connectivity index (χ3n) is 3.81. The van der Waals surface area contributed by atoms with Crippen molar-refractivity contribution in [1.29, 1.82) is 0 Å². The van der Waals surface area contributed by atoms with Gasteiger partial charge in [0.1, 0.15) is 5.60 Å². The van der Waals surface area contributed by atoms with Gasteiger partial charge in [-0.2, -0.15) is 0 Å². The van der Waals surface area contributed by atoms with Crippen LogP contribution in [0.5, 0.6) is 0 Å². The summed E-state index contributed by atoms with van der Waals surface area (Å²) >= 11 is 0. The lowest BCUT2D eigenvalue weighted by Gasteiger charge is -2.28. The van der Waals surface area contributed by atoms with E-state index in [0.29, 0.717) is 18.4 Å². The molecule has 0 atom stereocenters. The van der Waals surface area contributed by atoms with Crippen LogP contribution in [0.3, 0.4) is 0 Å². The number of rotatable bonds is 5. The minimum atomic E-state index is -0.712. The van der Waals surface area contributed by atoms with Crippen LogP contribution in [0.4, 0.5) is 0 Å². The molecule has 0 spiro atoms. The topological polar surface area (TPSA) is 39.2 Å². The molecule has 3 nitrogen and oxygen atoms in total. The monoisotopic (exact) mass is 257 g/mol. The summed E-state index contributed by atoms with van der Waals surface area (Å²) in [4.78, 5) is 16.9. The summed E-state index contributed by atoms with van der Waals surface area (Å²) in [5.74, 6) is 0.0470. The highest BCUT2D eigenvalue weighted by Crippen LogP contribution is 2.26. The first-order valence-corrected chi connectivity index (χ1v) is 6.61. The van der Waals surface area contributed by atoms with Gasteiger partial charge in [0.2, 0.25) is 0 Å². The zero-order chi connectivity index (χ0) is 13.9. The van der Waals surface area contributed by atoms with E-state index in [0.717, 1.165) is 10.9 Å². The van der Waals surface area contributed by atoms with E-state index in [4.69, 9.17) is 4.74 Å². The molecule has 0 radical (unpaired) electrons. The summed E-state index contributed by atoms with van der Waals surface area (Å²) in [6, 6.07) is 9.44. The summed E-state index contributed by atoms with van der Waals surface area (Å²) in [5, 5.41) is 0.977. The SMILES string of the molecule is CCC(CC)(OC)C(=O)c1ccc2ncccc2c1. The van der Waals surface area contributed by atoms with Gasteiger partial charge in [-0.15, -0.1) is 0 Å². The van der Waals surface area contributed by atoms with Gasteiger partial charge in [0.05, 0.1) is 5.52 Å². The number of Topliss-reactive ketones (excluding diaryl/α,β-unsaturated/α-hetero) is 1. The maximum Gasteiger partial charge on any atom is 0.194 e. The van der Waals surface area contributed by atoms with Crippen molar-refractivity contribution >= 4 is 16.7 Å². The standard InChI is InChI=1S/C16H19NO2/c1-4-16(5-2,19-3)15(18)13-8-9-14-12(11-13)7-6-10-17-14/h6-11H,4-5H2,1-3H3. The van der Waals surface area contributed by atoms with Gasteiger partial charge in [-0.05, 0) is 37.1 Å². The second-order valence-corrected chi connectivity index (χ2v) is 4.65. The normalized spacial score (nSPS) is 11.7. The Morgan fingerprint density at radius 2 is 2.00 bits per heavy atom. The van der Waals surface area contributed by atoms with Crippen molar-refractivity contribution in [1.82, 2.24) is 4.98 Å². The molecule has 3 heteroatoms. The third kappa shape index (κ3) is 2.38. The Hall–Kier alpha value is -1.74. The number of methoxy groups -OCH3 is 1. The average molecular weight is 257 g/mol. The number of carbonyl (C=O) groups is 1. The lowest BCUT2D eigenvalue weighted by atomic mass is 9.87.